The minimum atomic E-state index is -0.398. The highest BCUT2D eigenvalue weighted by molar-refractivity contribution is 5.97. The van der Waals surface area contributed by atoms with Gasteiger partial charge in [-0.1, -0.05) is 24.3 Å². The molecule has 0 saturated carbocycles. The van der Waals surface area contributed by atoms with Crippen LogP contribution in [0.25, 0.3) is 11.1 Å². The molecular formula is C19H19FN2O2. The Hall–Kier alpha value is -2.69. The predicted molar refractivity (Wildman–Crippen MR) is 90.9 cm³/mol. The highest BCUT2D eigenvalue weighted by Crippen LogP contribution is 2.23. The van der Waals surface area contributed by atoms with Crippen LogP contribution in [-0.2, 0) is 9.59 Å². The number of halogens is 1. The number of anilines is 1. The second-order valence-electron chi connectivity index (χ2n) is 5.95. The number of nitrogens with zero attached hydrogens (tertiary/aromatic N) is 1. The molecule has 124 valence electrons. The summed E-state index contributed by atoms with van der Waals surface area (Å²) in [5.41, 5.74) is 2.32. The summed E-state index contributed by atoms with van der Waals surface area (Å²) in [6.45, 7) is 2.12. The normalized spacial score (nSPS) is 16.9. The molecule has 1 fully saturated rings. The summed E-state index contributed by atoms with van der Waals surface area (Å²) >= 11 is 0. The zero-order valence-electron chi connectivity index (χ0n) is 13.5. The molecule has 2 aromatic carbocycles. The van der Waals surface area contributed by atoms with Crippen molar-refractivity contribution in [3.05, 3.63) is 54.3 Å². The Morgan fingerprint density at radius 2 is 1.88 bits per heavy atom. The first-order valence-corrected chi connectivity index (χ1v) is 7.98. The third kappa shape index (κ3) is 3.45. The van der Waals surface area contributed by atoms with Crippen LogP contribution < -0.4 is 5.32 Å². The number of carbonyl (C=O) groups is 2. The lowest BCUT2D eigenvalue weighted by molar-refractivity contribution is -0.134. The molecule has 1 atom stereocenters. The Kier molecular flexibility index (Phi) is 4.60. The maximum absolute atomic E-state index is 13.3. The van der Waals surface area contributed by atoms with Gasteiger partial charge in [0.15, 0.2) is 0 Å². The lowest BCUT2D eigenvalue weighted by atomic mass is 10.1. The third-order valence-electron chi connectivity index (χ3n) is 4.27. The van der Waals surface area contributed by atoms with E-state index in [1.807, 2.05) is 18.2 Å². The van der Waals surface area contributed by atoms with Crippen molar-refractivity contribution in [3.8, 4) is 11.1 Å². The highest BCUT2D eigenvalue weighted by atomic mass is 19.1. The van der Waals surface area contributed by atoms with Gasteiger partial charge in [0.2, 0.25) is 11.8 Å². The highest BCUT2D eigenvalue weighted by Gasteiger charge is 2.32. The van der Waals surface area contributed by atoms with Crippen molar-refractivity contribution in [2.45, 2.75) is 25.8 Å². The van der Waals surface area contributed by atoms with E-state index >= 15 is 0 Å². The second-order valence-corrected chi connectivity index (χ2v) is 5.95. The van der Waals surface area contributed by atoms with E-state index in [0.717, 1.165) is 17.5 Å². The minimum Gasteiger partial charge on any atom is -0.331 e. The van der Waals surface area contributed by atoms with Gasteiger partial charge in [-0.3, -0.25) is 9.59 Å². The lowest BCUT2D eigenvalue weighted by Gasteiger charge is -2.22. The first-order valence-electron chi connectivity index (χ1n) is 7.98. The molecule has 1 aliphatic heterocycles. The number of nitrogens with one attached hydrogen (secondary N) is 1. The van der Waals surface area contributed by atoms with Gasteiger partial charge in [-0.05, 0) is 48.2 Å². The van der Waals surface area contributed by atoms with Crippen LogP contribution in [-0.4, -0.2) is 29.3 Å². The van der Waals surface area contributed by atoms with Gasteiger partial charge in [-0.15, -0.1) is 0 Å². The number of benzene rings is 2. The van der Waals surface area contributed by atoms with Crippen LogP contribution in [0.1, 0.15) is 19.8 Å². The van der Waals surface area contributed by atoms with Gasteiger partial charge >= 0.3 is 0 Å². The Morgan fingerprint density at radius 1 is 1.12 bits per heavy atom. The third-order valence-corrected chi connectivity index (χ3v) is 4.27. The fourth-order valence-corrected chi connectivity index (χ4v) is 3.06. The zero-order chi connectivity index (χ0) is 17.1. The van der Waals surface area contributed by atoms with Gasteiger partial charge in [-0.25, -0.2) is 4.39 Å². The molecule has 0 aromatic heterocycles. The second kappa shape index (κ2) is 6.83. The summed E-state index contributed by atoms with van der Waals surface area (Å²) in [6, 6.07) is 13.2. The minimum absolute atomic E-state index is 0.0749. The summed E-state index contributed by atoms with van der Waals surface area (Å²) in [5.74, 6) is -0.522. The van der Waals surface area contributed by atoms with Crippen molar-refractivity contribution in [1.82, 2.24) is 4.90 Å². The van der Waals surface area contributed by atoms with E-state index in [1.165, 1.54) is 19.1 Å². The maximum Gasteiger partial charge on any atom is 0.247 e. The number of hydrogen-bond acceptors (Lipinski definition) is 2. The quantitative estimate of drug-likeness (QED) is 0.939. The largest absolute Gasteiger partial charge is 0.331 e. The van der Waals surface area contributed by atoms with Crippen LogP contribution in [0.2, 0.25) is 0 Å². The van der Waals surface area contributed by atoms with Crippen molar-refractivity contribution < 1.29 is 14.0 Å². The van der Waals surface area contributed by atoms with Crippen LogP contribution in [0.4, 0.5) is 10.1 Å². The average molecular weight is 326 g/mol. The molecule has 5 heteroatoms. The Balaban J connectivity index is 1.70. The van der Waals surface area contributed by atoms with Crippen molar-refractivity contribution in [2.24, 2.45) is 0 Å². The van der Waals surface area contributed by atoms with Gasteiger partial charge in [0, 0.05) is 19.2 Å². The Bertz CT molecular complexity index is 758. The summed E-state index contributed by atoms with van der Waals surface area (Å²) < 4.78 is 13.3. The molecule has 4 nitrogen and oxygen atoms in total. The van der Waals surface area contributed by atoms with E-state index in [2.05, 4.69) is 5.32 Å². The van der Waals surface area contributed by atoms with Gasteiger partial charge in [0.05, 0.1) is 0 Å². The van der Waals surface area contributed by atoms with E-state index in [9.17, 15) is 14.0 Å². The van der Waals surface area contributed by atoms with Crippen LogP contribution in [0.5, 0.6) is 0 Å². The van der Waals surface area contributed by atoms with Gasteiger partial charge in [0.1, 0.15) is 11.9 Å². The molecule has 1 N–H and O–H groups in total. The fourth-order valence-electron chi connectivity index (χ4n) is 3.06. The zero-order valence-corrected chi connectivity index (χ0v) is 13.5. The Labute approximate surface area is 140 Å². The van der Waals surface area contributed by atoms with E-state index < -0.39 is 6.04 Å². The summed E-state index contributed by atoms with van der Waals surface area (Å²) in [4.78, 5) is 25.5. The fraction of sp³-hybridized carbons (Fsp3) is 0.263. The molecule has 1 unspecified atom stereocenters. The molecule has 3 rings (SSSR count). The lowest BCUT2D eigenvalue weighted by Crippen LogP contribution is -2.42. The van der Waals surface area contributed by atoms with E-state index in [4.69, 9.17) is 0 Å². The SMILES string of the molecule is CC(=O)N1CCCC1C(=O)Nc1ccc(-c2cccc(F)c2)cc1. The molecule has 0 radical (unpaired) electrons. The standard InChI is InChI=1S/C19H19FN2O2/c1-13(23)22-11-3-6-18(22)19(24)21-17-9-7-14(8-10-17)15-4-2-5-16(20)12-15/h2,4-5,7-10,12,18H,3,6,11H2,1H3,(H,21,24). The molecular weight excluding hydrogens is 307 g/mol. The van der Waals surface area contributed by atoms with Crippen LogP contribution in [0.3, 0.4) is 0 Å². The average Bonchev–Trinajstić information content (AvgIpc) is 3.05. The first-order chi connectivity index (χ1) is 11.5. The van der Waals surface area contributed by atoms with Gasteiger partial charge < -0.3 is 10.2 Å². The summed E-state index contributed by atoms with van der Waals surface area (Å²) in [5, 5.41) is 2.85. The van der Waals surface area contributed by atoms with E-state index in [0.29, 0.717) is 18.7 Å². The molecule has 24 heavy (non-hydrogen) atoms. The van der Waals surface area contributed by atoms with E-state index in [-0.39, 0.29) is 17.6 Å². The molecule has 1 saturated heterocycles. The topological polar surface area (TPSA) is 49.4 Å². The van der Waals surface area contributed by atoms with Crippen molar-refractivity contribution in [1.29, 1.82) is 0 Å². The van der Waals surface area contributed by atoms with Crippen LogP contribution >= 0.6 is 0 Å². The number of hydrogen-bond donors (Lipinski definition) is 1. The van der Waals surface area contributed by atoms with Crippen molar-refractivity contribution in [2.75, 3.05) is 11.9 Å². The van der Waals surface area contributed by atoms with Gasteiger partial charge in [0.25, 0.3) is 0 Å². The van der Waals surface area contributed by atoms with Crippen molar-refractivity contribution >= 4 is 17.5 Å². The summed E-state index contributed by atoms with van der Waals surface area (Å²) in [7, 11) is 0. The molecule has 0 bridgehead atoms. The number of carbonyl (C=O) groups excluding carboxylic acids is 2. The molecule has 0 spiro atoms. The first kappa shape index (κ1) is 16.2. The maximum atomic E-state index is 13.3. The number of amides is 2. The summed E-state index contributed by atoms with van der Waals surface area (Å²) in [6.07, 6.45) is 1.53. The molecule has 0 aliphatic carbocycles. The smallest absolute Gasteiger partial charge is 0.247 e. The molecule has 2 aromatic rings. The van der Waals surface area contributed by atoms with Crippen LogP contribution in [0, 0.1) is 5.82 Å². The van der Waals surface area contributed by atoms with E-state index in [1.54, 1.807) is 23.1 Å². The predicted octanol–water partition coefficient (Wildman–Crippen LogP) is 3.44. The number of rotatable bonds is 3. The van der Waals surface area contributed by atoms with Gasteiger partial charge in [-0.2, -0.15) is 0 Å². The van der Waals surface area contributed by atoms with Crippen molar-refractivity contribution in [3.63, 3.8) is 0 Å². The molecule has 2 amide bonds. The molecule has 1 heterocycles. The molecule has 1 aliphatic rings. The Morgan fingerprint density at radius 3 is 2.54 bits per heavy atom. The monoisotopic (exact) mass is 326 g/mol. The van der Waals surface area contributed by atoms with Crippen LogP contribution in [0.15, 0.2) is 48.5 Å². The number of likely N-dealkylation sites (tertiary alicyclic amines) is 1.